The molecule has 0 fully saturated rings. The number of hydrogen-bond donors (Lipinski definition) is 3. The van der Waals surface area contributed by atoms with Crippen LogP contribution in [0.2, 0.25) is 0 Å². The SMILES string of the molecule is COc1ccc(NC(=O)Nc2ccc(Nc3ccc(-n4cccn4)nn3)cc2)cc1. The molecule has 150 valence electrons. The molecular formula is C21H19N7O2. The van der Waals surface area contributed by atoms with Crippen LogP contribution in [0, 0.1) is 0 Å². The quantitative estimate of drug-likeness (QED) is 0.450. The number of amides is 2. The van der Waals surface area contributed by atoms with Crippen molar-refractivity contribution in [2.24, 2.45) is 0 Å². The van der Waals surface area contributed by atoms with Gasteiger partial charge in [0.15, 0.2) is 11.6 Å². The molecule has 9 nitrogen and oxygen atoms in total. The number of nitrogens with zero attached hydrogens (tertiary/aromatic N) is 4. The first-order chi connectivity index (χ1) is 14.7. The fourth-order valence-corrected chi connectivity index (χ4v) is 2.67. The van der Waals surface area contributed by atoms with E-state index in [-0.39, 0.29) is 6.03 Å². The Labute approximate surface area is 172 Å². The highest BCUT2D eigenvalue weighted by atomic mass is 16.5. The molecule has 2 aromatic carbocycles. The first-order valence-corrected chi connectivity index (χ1v) is 9.12. The van der Waals surface area contributed by atoms with Gasteiger partial charge >= 0.3 is 6.03 Å². The van der Waals surface area contributed by atoms with E-state index in [2.05, 4.69) is 31.2 Å². The van der Waals surface area contributed by atoms with Gasteiger partial charge in [-0.1, -0.05) is 0 Å². The number of hydrogen-bond acceptors (Lipinski definition) is 6. The lowest BCUT2D eigenvalue weighted by atomic mass is 10.2. The molecule has 0 bridgehead atoms. The minimum Gasteiger partial charge on any atom is -0.497 e. The van der Waals surface area contributed by atoms with Crippen molar-refractivity contribution in [1.29, 1.82) is 0 Å². The highest BCUT2D eigenvalue weighted by molar-refractivity contribution is 5.99. The Kier molecular flexibility index (Phi) is 5.52. The summed E-state index contributed by atoms with van der Waals surface area (Å²) in [6.07, 6.45) is 3.48. The van der Waals surface area contributed by atoms with E-state index in [1.54, 1.807) is 60.6 Å². The first-order valence-electron chi connectivity index (χ1n) is 9.12. The van der Waals surface area contributed by atoms with Gasteiger partial charge in [0.05, 0.1) is 7.11 Å². The number of carbonyl (C=O) groups excluding carboxylic acids is 1. The number of rotatable bonds is 6. The van der Waals surface area contributed by atoms with Crippen LogP contribution in [0.1, 0.15) is 0 Å². The molecule has 0 saturated carbocycles. The second-order valence-electron chi connectivity index (χ2n) is 6.24. The molecule has 0 radical (unpaired) electrons. The van der Waals surface area contributed by atoms with Gasteiger partial charge in [0.1, 0.15) is 5.75 Å². The molecule has 0 atom stereocenters. The van der Waals surface area contributed by atoms with Crippen LogP contribution >= 0.6 is 0 Å². The number of nitrogens with one attached hydrogen (secondary N) is 3. The van der Waals surface area contributed by atoms with Crippen molar-refractivity contribution in [2.75, 3.05) is 23.1 Å². The zero-order valence-corrected chi connectivity index (χ0v) is 16.1. The van der Waals surface area contributed by atoms with Gasteiger partial charge in [0, 0.05) is 29.5 Å². The highest BCUT2D eigenvalue weighted by Gasteiger charge is 2.04. The number of ether oxygens (including phenoxy) is 1. The van der Waals surface area contributed by atoms with E-state index in [9.17, 15) is 4.79 Å². The van der Waals surface area contributed by atoms with Gasteiger partial charge in [-0.05, 0) is 66.7 Å². The van der Waals surface area contributed by atoms with Gasteiger partial charge in [-0.25, -0.2) is 9.48 Å². The summed E-state index contributed by atoms with van der Waals surface area (Å²) in [4.78, 5) is 12.1. The molecule has 4 aromatic rings. The van der Waals surface area contributed by atoms with E-state index in [0.29, 0.717) is 23.0 Å². The lowest BCUT2D eigenvalue weighted by Gasteiger charge is -2.10. The largest absolute Gasteiger partial charge is 0.497 e. The molecule has 30 heavy (non-hydrogen) atoms. The minimum absolute atomic E-state index is 0.332. The fourth-order valence-electron chi connectivity index (χ4n) is 2.67. The summed E-state index contributed by atoms with van der Waals surface area (Å²) in [5.74, 6) is 1.96. The molecule has 0 unspecified atom stereocenters. The predicted octanol–water partition coefficient (Wildman–Crippen LogP) is 4.06. The third kappa shape index (κ3) is 4.71. The maximum Gasteiger partial charge on any atom is 0.323 e. The summed E-state index contributed by atoms with van der Waals surface area (Å²) in [7, 11) is 1.59. The highest BCUT2D eigenvalue weighted by Crippen LogP contribution is 2.19. The van der Waals surface area contributed by atoms with Crippen molar-refractivity contribution in [1.82, 2.24) is 20.0 Å². The number of benzene rings is 2. The van der Waals surface area contributed by atoms with Crippen molar-refractivity contribution < 1.29 is 9.53 Å². The standard InChI is InChI=1S/C21H19N7O2/c1-30-18-9-7-17(8-10-18)25-21(29)24-16-5-3-15(4-6-16)23-19-11-12-20(27-26-19)28-14-2-13-22-28/h2-14H,1H3,(H,23,26)(H2,24,25,29). The average Bonchev–Trinajstić information content (AvgIpc) is 3.31. The number of methoxy groups -OCH3 is 1. The molecule has 2 heterocycles. The van der Waals surface area contributed by atoms with Crippen LogP contribution in [0.3, 0.4) is 0 Å². The molecule has 3 N–H and O–H groups in total. The van der Waals surface area contributed by atoms with Gasteiger partial charge < -0.3 is 20.7 Å². The summed E-state index contributed by atoms with van der Waals surface area (Å²) < 4.78 is 6.73. The molecule has 0 aliphatic carbocycles. The van der Waals surface area contributed by atoms with E-state index in [4.69, 9.17) is 4.74 Å². The molecular weight excluding hydrogens is 382 g/mol. The third-order valence-corrected chi connectivity index (χ3v) is 4.15. The van der Waals surface area contributed by atoms with Crippen LogP contribution in [0.15, 0.2) is 79.1 Å². The second kappa shape index (κ2) is 8.74. The lowest BCUT2D eigenvalue weighted by Crippen LogP contribution is -2.19. The summed E-state index contributed by atoms with van der Waals surface area (Å²) in [6.45, 7) is 0. The van der Waals surface area contributed by atoms with E-state index in [1.807, 2.05) is 30.3 Å². The van der Waals surface area contributed by atoms with Crippen molar-refractivity contribution in [3.63, 3.8) is 0 Å². The van der Waals surface area contributed by atoms with Gasteiger partial charge in [0.2, 0.25) is 0 Å². The second-order valence-corrected chi connectivity index (χ2v) is 6.24. The molecule has 0 aliphatic rings. The van der Waals surface area contributed by atoms with Crippen LogP contribution in [0.5, 0.6) is 5.75 Å². The van der Waals surface area contributed by atoms with Crippen molar-refractivity contribution in [3.05, 3.63) is 79.1 Å². The van der Waals surface area contributed by atoms with E-state index in [1.165, 1.54) is 0 Å². The Morgan fingerprint density at radius 3 is 2.10 bits per heavy atom. The van der Waals surface area contributed by atoms with Gasteiger partial charge in [-0.15, -0.1) is 10.2 Å². The zero-order chi connectivity index (χ0) is 20.8. The molecule has 4 rings (SSSR count). The summed E-state index contributed by atoms with van der Waals surface area (Å²) in [5.41, 5.74) is 2.15. The van der Waals surface area contributed by atoms with Gasteiger partial charge in [-0.3, -0.25) is 0 Å². The third-order valence-electron chi connectivity index (χ3n) is 4.15. The van der Waals surface area contributed by atoms with E-state index >= 15 is 0 Å². The molecule has 2 aromatic heterocycles. The van der Waals surface area contributed by atoms with Crippen LogP contribution in [-0.2, 0) is 0 Å². The summed E-state index contributed by atoms with van der Waals surface area (Å²) >= 11 is 0. The topological polar surface area (TPSA) is 106 Å². The monoisotopic (exact) mass is 401 g/mol. The molecule has 0 aliphatic heterocycles. The molecule has 2 amide bonds. The zero-order valence-electron chi connectivity index (χ0n) is 16.1. The van der Waals surface area contributed by atoms with Crippen LogP contribution in [-0.4, -0.2) is 33.1 Å². The maximum absolute atomic E-state index is 12.1. The van der Waals surface area contributed by atoms with Gasteiger partial charge in [0.25, 0.3) is 0 Å². The summed E-state index contributed by atoms with van der Waals surface area (Å²) in [5, 5.41) is 21.1. The molecule has 9 heteroatoms. The predicted molar refractivity (Wildman–Crippen MR) is 115 cm³/mol. The molecule has 0 spiro atoms. The fraction of sp³-hybridized carbons (Fsp3) is 0.0476. The number of anilines is 4. The number of aromatic nitrogens is 4. The van der Waals surface area contributed by atoms with E-state index < -0.39 is 0 Å². The van der Waals surface area contributed by atoms with Crippen LogP contribution in [0.25, 0.3) is 5.82 Å². The summed E-state index contributed by atoms with van der Waals surface area (Å²) in [6, 6.07) is 19.5. The average molecular weight is 401 g/mol. The Bertz CT molecular complexity index is 1090. The Balaban J connectivity index is 1.32. The van der Waals surface area contributed by atoms with Crippen LogP contribution < -0.4 is 20.7 Å². The Morgan fingerprint density at radius 1 is 0.867 bits per heavy atom. The van der Waals surface area contributed by atoms with Crippen LogP contribution in [0.4, 0.5) is 27.7 Å². The minimum atomic E-state index is -0.332. The smallest absolute Gasteiger partial charge is 0.323 e. The van der Waals surface area contributed by atoms with Crippen molar-refractivity contribution in [2.45, 2.75) is 0 Å². The molecule has 0 saturated heterocycles. The van der Waals surface area contributed by atoms with Gasteiger partial charge in [-0.2, -0.15) is 5.10 Å². The van der Waals surface area contributed by atoms with Crippen molar-refractivity contribution >= 4 is 28.9 Å². The maximum atomic E-state index is 12.1. The lowest BCUT2D eigenvalue weighted by molar-refractivity contribution is 0.262. The Hall–Kier alpha value is -4.40. The van der Waals surface area contributed by atoms with Crippen molar-refractivity contribution in [3.8, 4) is 11.6 Å². The normalized spacial score (nSPS) is 10.3. The first kappa shape index (κ1) is 18.9. The number of urea groups is 1. The Morgan fingerprint density at radius 2 is 1.53 bits per heavy atom. The number of carbonyl (C=O) groups is 1. The van der Waals surface area contributed by atoms with E-state index in [0.717, 1.165) is 11.4 Å².